The van der Waals surface area contributed by atoms with Crippen molar-refractivity contribution in [2.75, 3.05) is 13.1 Å². The Bertz CT molecular complexity index is 326. The first kappa shape index (κ1) is 14.8. The molecule has 1 saturated heterocycles. The Balaban J connectivity index is 1.50. The number of β-amino-alcohol motifs (C(OH)–C–C–N with tert-alkyl or cyclic N) is 1. The van der Waals surface area contributed by atoms with Gasteiger partial charge in [0.1, 0.15) is 6.10 Å². The van der Waals surface area contributed by atoms with Gasteiger partial charge in [-0.25, -0.2) is 0 Å². The van der Waals surface area contributed by atoms with Gasteiger partial charge in [0.25, 0.3) is 0 Å². The molecule has 3 N–H and O–H groups in total. The van der Waals surface area contributed by atoms with Gasteiger partial charge >= 0.3 is 0 Å². The molecular weight excluding hydrogens is 254 g/mol. The lowest BCUT2D eigenvalue weighted by Gasteiger charge is -2.44. The van der Waals surface area contributed by atoms with Crippen molar-refractivity contribution < 1.29 is 15.3 Å². The highest BCUT2D eigenvalue weighted by molar-refractivity contribution is 4.93. The van der Waals surface area contributed by atoms with E-state index < -0.39 is 18.3 Å². The molecule has 4 nitrogen and oxygen atoms in total. The van der Waals surface area contributed by atoms with Crippen LogP contribution in [0.25, 0.3) is 0 Å². The van der Waals surface area contributed by atoms with Crippen LogP contribution in [0.2, 0.25) is 0 Å². The molecule has 0 bridgehead atoms. The van der Waals surface area contributed by atoms with Crippen molar-refractivity contribution in [2.45, 2.75) is 69.8 Å². The summed E-state index contributed by atoms with van der Waals surface area (Å²) >= 11 is 0. The van der Waals surface area contributed by atoms with Crippen LogP contribution in [0.5, 0.6) is 0 Å². The average Bonchev–Trinajstić information content (AvgIpc) is 3.28. The van der Waals surface area contributed by atoms with Crippen molar-refractivity contribution in [3.63, 3.8) is 0 Å². The van der Waals surface area contributed by atoms with Crippen LogP contribution < -0.4 is 0 Å². The fourth-order valence-electron chi connectivity index (χ4n) is 4.23. The van der Waals surface area contributed by atoms with E-state index in [2.05, 4.69) is 4.90 Å². The summed E-state index contributed by atoms with van der Waals surface area (Å²) in [5.41, 5.74) is 0. The lowest BCUT2D eigenvalue weighted by molar-refractivity contribution is -0.136. The second-order valence-corrected chi connectivity index (χ2v) is 7.36. The van der Waals surface area contributed by atoms with Crippen LogP contribution in [0.4, 0.5) is 0 Å². The van der Waals surface area contributed by atoms with Gasteiger partial charge in [-0.05, 0) is 63.2 Å². The Kier molecular flexibility index (Phi) is 4.37. The predicted octanol–water partition coefficient (Wildman–Crippen LogP) is 0.990. The Morgan fingerprint density at radius 1 is 0.850 bits per heavy atom. The Morgan fingerprint density at radius 3 is 1.95 bits per heavy atom. The molecule has 4 heteroatoms. The molecule has 0 aromatic heterocycles. The molecule has 0 spiro atoms. The van der Waals surface area contributed by atoms with Gasteiger partial charge in [-0.3, -0.25) is 4.90 Å². The van der Waals surface area contributed by atoms with E-state index in [0.29, 0.717) is 12.5 Å². The number of aliphatic hydroxyl groups is 3. The van der Waals surface area contributed by atoms with Crippen LogP contribution in [0.15, 0.2) is 0 Å². The molecule has 3 rings (SSSR count). The molecule has 4 atom stereocenters. The van der Waals surface area contributed by atoms with Gasteiger partial charge in [-0.1, -0.05) is 0 Å². The Morgan fingerprint density at radius 2 is 1.40 bits per heavy atom. The molecule has 0 radical (unpaired) electrons. The van der Waals surface area contributed by atoms with Crippen molar-refractivity contribution >= 4 is 0 Å². The maximum absolute atomic E-state index is 9.99. The van der Waals surface area contributed by atoms with Crippen LogP contribution in [0.3, 0.4) is 0 Å². The van der Waals surface area contributed by atoms with Gasteiger partial charge in [0.15, 0.2) is 0 Å². The van der Waals surface area contributed by atoms with Crippen LogP contribution >= 0.6 is 0 Å². The Labute approximate surface area is 121 Å². The SMILES string of the molecule is C[C@@H]1[C@@H](O)[C@H](O)[C@@H](O)CN1CC1CCC(C2CC2)CC1. The molecule has 116 valence electrons. The summed E-state index contributed by atoms with van der Waals surface area (Å²) in [7, 11) is 0. The van der Waals surface area contributed by atoms with E-state index in [1.54, 1.807) is 0 Å². The van der Waals surface area contributed by atoms with Crippen LogP contribution in [-0.2, 0) is 0 Å². The summed E-state index contributed by atoms with van der Waals surface area (Å²) in [5.74, 6) is 2.70. The van der Waals surface area contributed by atoms with Gasteiger partial charge in [0.05, 0.1) is 12.2 Å². The first-order valence-electron chi connectivity index (χ1n) is 8.34. The van der Waals surface area contributed by atoms with E-state index in [0.717, 1.165) is 18.4 Å². The van der Waals surface area contributed by atoms with Gasteiger partial charge in [0.2, 0.25) is 0 Å². The lowest BCUT2D eigenvalue weighted by Crippen LogP contribution is -2.60. The summed E-state index contributed by atoms with van der Waals surface area (Å²) in [6, 6.07) is -0.0606. The number of rotatable bonds is 3. The average molecular weight is 283 g/mol. The monoisotopic (exact) mass is 283 g/mol. The van der Waals surface area contributed by atoms with Crippen molar-refractivity contribution in [3.8, 4) is 0 Å². The molecule has 0 aromatic carbocycles. The van der Waals surface area contributed by atoms with E-state index in [1.807, 2.05) is 6.92 Å². The van der Waals surface area contributed by atoms with Crippen molar-refractivity contribution in [1.82, 2.24) is 4.90 Å². The molecule has 1 heterocycles. The van der Waals surface area contributed by atoms with E-state index in [4.69, 9.17) is 0 Å². The van der Waals surface area contributed by atoms with Crippen molar-refractivity contribution in [3.05, 3.63) is 0 Å². The Hall–Kier alpha value is -0.160. The molecule has 1 aliphatic heterocycles. The molecule has 3 aliphatic rings. The maximum Gasteiger partial charge on any atom is 0.108 e. The largest absolute Gasteiger partial charge is 0.389 e. The molecule has 0 aromatic rings. The molecular formula is C16H29NO3. The highest BCUT2D eigenvalue weighted by atomic mass is 16.4. The second-order valence-electron chi connectivity index (χ2n) is 7.36. The summed E-state index contributed by atoms with van der Waals surface area (Å²) in [6.45, 7) is 3.40. The third-order valence-electron chi connectivity index (χ3n) is 5.91. The van der Waals surface area contributed by atoms with E-state index in [1.165, 1.54) is 38.5 Å². The quantitative estimate of drug-likeness (QED) is 0.723. The number of aliphatic hydroxyl groups excluding tert-OH is 3. The van der Waals surface area contributed by atoms with E-state index in [-0.39, 0.29) is 6.04 Å². The zero-order valence-electron chi connectivity index (χ0n) is 12.5. The normalized spacial score (nSPS) is 47.4. The van der Waals surface area contributed by atoms with E-state index >= 15 is 0 Å². The zero-order valence-corrected chi connectivity index (χ0v) is 12.5. The van der Waals surface area contributed by atoms with Crippen LogP contribution in [-0.4, -0.2) is 57.7 Å². The summed E-state index contributed by atoms with van der Waals surface area (Å²) in [6.07, 6.45) is 5.58. The van der Waals surface area contributed by atoms with Gasteiger partial charge in [0, 0.05) is 19.1 Å². The first-order valence-corrected chi connectivity index (χ1v) is 8.34. The third-order valence-corrected chi connectivity index (χ3v) is 5.91. The van der Waals surface area contributed by atoms with Gasteiger partial charge < -0.3 is 15.3 Å². The molecule has 3 fully saturated rings. The van der Waals surface area contributed by atoms with Gasteiger partial charge in [-0.15, -0.1) is 0 Å². The standard InChI is InChI=1S/C16H29NO3/c1-10-15(19)16(20)14(18)9-17(10)8-11-2-4-12(5-3-11)13-6-7-13/h10-16,18-20H,2-9H2,1H3/t10-,11?,12?,14+,15-,16-/m1/s1. The van der Waals surface area contributed by atoms with Gasteiger partial charge in [-0.2, -0.15) is 0 Å². The summed E-state index contributed by atoms with van der Waals surface area (Å²) in [5, 5.41) is 29.5. The highest BCUT2D eigenvalue weighted by Crippen LogP contribution is 2.45. The molecule has 20 heavy (non-hydrogen) atoms. The number of nitrogens with zero attached hydrogens (tertiary/aromatic N) is 1. The number of piperidine rings is 1. The second kappa shape index (κ2) is 5.91. The smallest absolute Gasteiger partial charge is 0.108 e. The number of likely N-dealkylation sites (tertiary alicyclic amines) is 1. The maximum atomic E-state index is 9.99. The molecule has 0 amide bonds. The minimum Gasteiger partial charge on any atom is -0.389 e. The summed E-state index contributed by atoms with van der Waals surface area (Å²) in [4.78, 5) is 2.17. The fraction of sp³-hybridized carbons (Fsp3) is 1.00. The molecule has 2 saturated carbocycles. The minimum absolute atomic E-state index is 0.0606. The number of hydrogen-bond donors (Lipinski definition) is 3. The lowest BCUT2D eigenvalue weighted by atomic mass is 9.79. The molecule has 0 unspecified atom stereocenters. The predicted molar refractivity (Wildman–Crippen MR) is 77.2 cm³/mol. The topological polar surface area (TPSA) is 63.9 Å². The van der Waals surface area contributed by atoms with Crippen molar-refractivity contribution in [2.24, 2.45) is 17.8 Å². The van der Waals surface area contributed by atoms with E-state index in [9.17, 15) is 15.3 Å². The fourth-order valence-corrected chi connectivity index (χ4v) is 4.23. The first-order chi connectivity index (χ1) is 9.56. The minimum atomic E-state index is -0.994. The molecule has 2 aliphatic carbocycles. The van der Waals surface area contributed by atoms with Crippen LogP contribution in [0, 0.1) is 17.8 Å². The highest BCUT2D eigenvalue weighted by Gasteiger charge is 2.40. The summed E-state index contributed by atoms with van der Waals surface area (Å²) < 4.78 is 0. The number of hydrogen-bond acceptors (Lipinski definition) is 4. The zero-order chi connectivity index (χ0) is 14.3. The van der Waals surface area contributed by atoms with Crippen LogP contribution in [0.1, 0.15) is 45.4 Å². The third kappa shape index (κ3) is 3.03. The van der Waals surface area contributed by atoms with Crippen molar-refractivity contribution in [1.29, 1.82) is 0 Å².